The van der Waals surface area contributed by atoms with Crippen LogP contribution in [0.2, 0.25) is 0 Å². The summed E-state index contributed by atoms with van der Waals surface area (Å²) in [5.41, 5.74) is 3.03. The Hall–Kier alpha value is -2.47. The fraction of sp³-hybridized carbons (Fsp3) is 0.645. The first-order valence-corrected chi connectivity index (χ1v) is 17.0. The second-order valence-corrected chi connectivity index (χ2v) is 14.7. The van der Waals surface area contributed by atoms with Crippen LogP contribution in [0.5, 0.6) is 0 Å². The van der Waals surface area contributed by atoms with Crippen LogP contribution in [0.3, 0.4) is 0 Å². The van der Waals surface area contributed by atoms with Gasteiger partial charge >= 0.3 is 0 Å². The number of piperidine rings is 2. The lowest BCUT2D eigenvalue weighted by Crippen LogP contribution is -2.63. The minimum Gasteiger partial charge on any atom is -0.338 e. The Kier molecular flexibility index (Phi) is 9.04. The number of carbonyl (C=O) groups excluding carboxylic acids is 1. The molecule has 1 aromatic heterocycles. The Bertz CT molecular complexity index is 1370. The van der Waals surface area contributed by atoms with Gasteiger partial charge in [-0.25, -0.2) is 27.1 Å². The maximum atomic E-state index is 14.4. The van der Waals surface area contributed by atoms with Crippen LogP contribution in [-0.4, -0.2) is 107 Å². The fourth-order valence-corrected chi connectivity index (χ4v) is 8.27. The molecule has 3 aliphatic heterocycles. The molecule has 4 heterocycles. The molecular formula is C31H45FN6O3S. The number of halogens is 1. The van der Waals surface area contributed by atoms with E-state index in [-0.39, 0.29) is 35.3 Å². The summed E-state index contributed by atoms with van der Waals surface area (Å²) in [6, 6.07) is 7.21. The van der Waals surface area contributed by atoms with Crippen molar-refractivity contribution in [1.82, 2.24) is 29.0 Å². The van der Waals surface area contributed by atoms with Crippen molar-refractivity contribution in [3.8, 4) is 0 Å². The third-order valence-electron chi connectivity index (χ3n) is 9.97. The molecule has 0 saturated carbocycles. The van der Waals surface area contributed by atoms with Gasteiger partial charge in [-0.3, -0.25) is 14.6 Å². The molecule has 1 amide bonds. The first kappa shape index (κ1) is 31.0. The lowest BCUT2D eigenvalue weighted by molar-refractivity contribution is -0.0421. The van der Waals surface area contributed by atoms with Gasteiger partial charge in [0.25, 0.3) is 5.91 Å². The Balaban J connectivity index is 1.27. The molecule has 0 aliphatic carbocycles. The number of aryl methyl sites for hydroxylation is 2. The number of nitrogens with zero attached hydrogens (tertiary/aromatic N) is 6. The van der Waals surface area contributed by atoms with E-state index in [0.29, 0.717) is 31.7 Å². The maximum Gasteiger partial charge on any atom is 0.257 e. The highest BCUT2D eigenvalue weighted by molar-refractivity contribution is 7.88. The molecule has 3 saturated heterocycles. The summed E-state index contributed by atoms with van der Waals surface area (Å²) in [5.74, 6) is 0.0295. The second-order valence-electron chi connectivity index (χ2n) is 12.7. The van der Waals surface area contributed by atoms with Crippen LogP contribution in [-0.2, 0) is 10.0 Å². The van der Waals surface area contributed by atoms with Crippen LogP contribution in [0.15, 0.2) is 30.6 Å². The van der Waals surface area contributed by atoms with Crippen LogP contribution in [0.25, 0.3) is 0 Å². The zero-order chi connectivity index (χ0) is 30.2. The molecule has 5 rings (SSSR count). The summed E-state index contributed by atoms with van der Waals surface area (Å²) in [6.07, 6.45) is 6.09. The predicted molar refractivity (Wildman–Crippen MR) is 161 cm³/mol. The van der Waals surface area contributed by atoms with E-state index < -0.39 is 10.0 Å². The Morgan fingerprint density at radius 2 is 1.67 bits per heavy atom. The van der Waals surface area contributed by atoms with Crippen molar-refractivity contribution >= 4 is 15.9 Å². The van der Waals surface area contributed by atoms with E-state index in [9.17, 15) is 17.6 Å². The number of hydrogen-bond acceptors (Lipinski definition) is 7. The minimum absolute atomic E-state index is 0.0103. The Morgan fingerprint density at radius 3 is 2.24 bits per heavy atom. The number of likely N-dealkylation sites (tertiary alicyclic amines) is 1. The molecule has 0 spiro atoms. The normalized spacial score (nSPS) is 24.0. The smallest absolute Gasteiger partial charge is 0.257 e. The molecule has 0 N–H and O–H groups in total. The van der Waals surface area contributed by atoms with Gasteiger partial charge in [0.2, 0.25) is 10.0 Å². The van der Waals surface area contributed by atoms with Gasteiger partial charge < -0.3 is 4.90 Å². The highest BCUT2D eigenvalue weighted by Crippen LogP contribution is 2.40. The van der Waals surface area contributed by atoms with Gasteiger partial charge in [-0.15, -0.1) is 0 Å². The number of carbonyl (C=O) groups is 1. The molecular weight excluding hydrogens is 555 g/mol. The van der Waals surface area contributed by atoms with E-state index in [1.807, 2.05) is 24.8 Å². The fourth-order valence-electron chi connectivity index (χ4n) is 7.39. The molecule has 0 unspecified atom stereocenters. The third kappa shape index (κ3) is 6.39. The third-order valence-corrected chi connectivity index (χ3v) is 11.3. The molecule has 0 bridgehead atoms. The number of aromatic nitrogens is 2. The van der Waals surface area contributed by atoms with Crippen LogP contribution in [0.4, 0.5) is 4.39 Å². The number of sulfonamides is 1. The molecule has 3 aliphatic rings. The maximum absolute atomic E-state index is 14.4. The van der Waals surface area contributed by atoms with Gasteiger partial charge in [0.1, 0.15) is 12.1 Å². The Morgan fingerprint density at radius 1 is 1.02 bits per heavy atom. The molecule has 42 heavy (non-hydrogen) atoms. The van der Waals surface area contributed by atoms with Crippen LogP contribution in [0, 0.1) is 25.6 Å². The average Bonchev–Trinajstić information content (AvgIpc) is 2.94. The Labute approximate surface area is 250 Å². The van der Waals surface area contributed by atoms with E-state index in [0.717, 1.165) is 62.3 Å². The monoisotopic (exact) mass is 600 g/mol. The van der Waals surface area contributed by atoms with Crippen molar-refractivity contribution in [3.05, 3.63) is 58.9 Å². The summed E-state index contributed by atoms with van der Waals surface area (Å²) >= 11 is 0. The van der Waals surface area contributed by atoms with E-state index in [2.05, 4.69) is 33.6 Å². The largest absolute Gasteiger partial charge is 0.338 e. The lowest BCUT2D eigenvalue weighted by Gasteiger charge is -2.54. The molecule has 9 nitrogen and oxygen atoms in total. The van der Waals surface area contributed by atoms with E-state index in [1.54, 1.807) is 16.4 Å². The summed E-state index contributed by atoms with van der Waals surface area (Å²) in [6.45, 7) is 13.4. The van der Waals surface area contributed by atoms with Crippen LogP contribution in [0.1, 0.15) is 72.9 Å². The van der Waals surface area contributed by atoms with Gasteiger partial charge in [-0.05, 0) is 77.0 Å². The molecule has 2 aromatic rings. The molecule has 230 valence electrons. The van der Waals surface area contributed by atoms with E-state index >= 15 is 0 Å². The van der Waals surface area contributed by atoms with Crippen LogP contribution >= 0.6 is 0 Å². The van der Waals surface area contributed by atoms with Crippen molar-refractivity contribution in [2.45, 2.75) is 71.0 Å². The lowest BCUT2D eigenvalue weighted by atomic mass is 9.82. The average molecular weight is 601 g/mol. The number of piperazine rings is 1. The van der Waals surface area contributed by atoms with Crippen molar-refractivity contribution in [3.63, 3.8) is 0 Å². The summed E-state index contributed by atoms with van der Waals surface area (Å²) in [4.78, 5) is 28.9. The number of hydrogen-bond donors (Lipinski definition) is 0. The van der Waals surface area contributed by atoms with E-state index in [1.165, 1.54) is 18.6 Å². The number of amides is 1. The van der Waals surface area contributed by atoms with Crippen molar-refractivity contribution in [2.24, 2.45) is 5.92 Å². The SMILES string of the molecule is Cc1ncnc(C)c1C(=O)N1CCC(C)(N2CCN([C@H](c3cccc(F)c3)C3CCN(S(C)(=O)=O)CC3)[C@@H](C)C2)CC1. The first-order valence-electron chi connectivity index (χ1n) is 15.2. The van der Waals surface area contributed by atoms with E-state index in [4.69, 9.17) is 0 Å². The van der Waals surface area contributed by atoms with Crippen LogP contribution < -0.4 is 0 Å². The summed E-state index contributed by atoms with van der Waals surface area (Å²) < 4.78 is 40.3. The zero-order valence-electron chi connectivity index (χ0n) is 25.6. The van der Waals surface area contributed by atoms with Gasteiger partial charge in [-0.2, -0.15) is 0 Å². The van der Waals surface area contributed by atoms with Gasteiger partial charge in [0, 0.05) is 63.4 Å². The van der Waals surface area contributed by atoms with Crippen molar-refractivity contribution < 1.29 is 17.6 Å². The summed E-state index contributed by atoms with van der Waals surface area (Å²) in [7, 11) is -3.22. The highest BCUT2D eigenvalue weighted by atomic mass is 32.2. The summed E-state index contributed by atoms with van der Waals surface area (Å²) in [5, 5.41) is 0. The number of rotatable bonds is 6. The molecule has 3 fully saturated rings. The predicted octanol–water partition coefficient (Wildman–Crippen LogP) is 3.65. The highest BCUT2D eigenvalue weighted by Gasteiger charge is 2.43. The minimum atomic E-state index is -3.22. The molecule has 0 radical (unpaired) electrons. The second kappa shape index (κ2) is 12.3. The molecule has 11 heteroatoms. The van der Waals surface area contributed by atoms with Crippen molar-refractivity contribution in [1.29, 1.82) is 0 Å². The van der Waals surface area contributed by atoms with Gasteiger partial charge in [0.05, 0.1) is 23.2 Å². The van der Waals surface area contributed by atoms with Gasteiger partial charge in [0.15, 0.2) is 0 Å². The zero-order valence-corrected chi connectivity index (χ0v) is 26.4. The topological polar surface area (TPSA) is 90.0 Å². The van der Waals surface area contributed by atoms with Crippen molar-refractivity contribution in [2.75, 3.05) is 52.1 Å². The quantitative estimate of drug-likeness (QED) is 0.500. The first-order chi connectivity index (χ1) is 19.9. The molecule has 2 atom stereocenters. The van der Waals surface area contributed by atoms with Gasteiger partial charge in [-0.1, -0.05) is 12.1 Å². The molecule has 1 aromatic carbocycles. The standard InChI is InChI=1S/C31H45FN6O3S/c1-22-20-36(31(4)11-15-35(16-12-31)30(39)28-23(2)33-21-34-24(28)3)17-18-38(22)29(26-7-6-8-27(32)19-26)25-9-13-37(14-10-25)42(5,40)41/h6-8,19,21-22,25,29H,9-18,20H2,1-5H3/t22-,29-/m0/s1. The number of benzene rings is 1.